The maximum Gasteiger partial charge on any atom is 0.358 e. The summed E-state index contributed by atoms with van der Waals surface area (Å²) in [6.07, 6.45) is 3.67. The normalized spacial score (nSPS) is 11.4. The van der Waals surface area contributed by atoms with E-state index in [9.17, 15) is 13.2 Å². The highest BCUT2D eigenvalue weighted by atomic mass is 32.2. The summed E-state index contributed by atoms with van der Waals surface area (Å²) < 4.78 is 32.9. The molecule has 0 spiro atoms. The molecule has 2 aromatic rings. The van der Waals surface area contributed by atoms with Gasteiger partial charge in [0.2, 0.25) is 0 Å². The first-order valence-electron chi connectivity index (χ1n) is 5.67. The summed E-state index contributed by atoms with van der Waals surface area (Å²) >= 11 is 0.879. The van der Waals surface area contributed by atoms with E-state index < -0.39 is 16.0 Å². The first kappa shape index (κ1) is 14.7. The van der Waals surface area contributed by atoms with Gasteiger partial charge in [0.15, 0.2) is 9.90 Å². The zero-order valence-electron chi connectivity index (χ0n) is 10.6. The van der Waals surface area contributed by atoms with Crippen LogP contribution in [0.25, 0.3) is 0 Å². The number of nitrogens with zero attached hydrogens (tertiary/aromatic N) is 2. The number of ether oxygens (including phenoxy) is 1. The predicted octanol–water partition coefficient (Wildman–Crippen LogP) is 0.710. The molecule has 0 atom stereocenters. The van der Waals surface area contributed by atoms with Crippen LogP contribution in [0.2, 0.25) is 0 Å². The van der Waals surface area contributed by atoms with Gasteiger partial charge in [-0.1, -0.05) is 0 Å². The molecule has 9 heteroatoms. The van der Waals surface area contributed by atoms with Crippen molar-refractivity contribution in [3.8, 4) is 0 Å². The number of sulfonamides is 1. The highest BCUT2D eigenvalue weighted by Crippen LogP contribution is 2.20. The van der Waals surface area contributed by atoms with Crippen molar-refractivity contribution in [3.63, 3.8) is 0 Å². The fraction of sp³-hybridized carbons (Fsp3) is 0.273. The highest BCUT2D eigenvalue weighted by molar-refractivity contribution is 7.91. The van der Waals surface area contributed by atoms with E-state index in [0.717, 1.165) is 11.3 Å². The van der Waals surface area contributed by atoms with Crippen LogP contribution < -0.4 is 4.72 Å². The maximum absolute atomic E-state index is 12.1. The zero-order chi connectivity index (χ0) is 14.6. The van der Waals surface area contributed by atoms with Crippen molar-refractivity contribution in [2.75, 3.05) is 13.7 Å². The summed E-state index contributed by atoms with van der Waals surface area (Å²) in [5.74, 6) is -0.767. The van der Waals surface area contributed by atoms with Crippen molar-refractivity contribution in [2.24, 2.45) is 0 Å². The van der Waals surface area contributed by atoms with Gasteiger partial charge in [-0.3, -0.25) is 0 Å². The molecule has 0 aliphatic carbocycles. The minimum atomic E-state index is -3.76. The predicted molar refractivity (Wildman–Crippen MR) is 73.1 cm³/mol. The number of carbonyl (C=O) groups is 1. The summed E-state index contributed by atoms with van der Waals surface area (Å²) in [7, 11) is -2.59. The Hall–Kier alpha value is -1.71. The first-order valence-corrected chi connectivity index (χ1v) is 8.03. The fourth-order valence-electron chi connectivity index (χ4n) is 1.55. The van der Waals surface area contributed by atoms with Crippen LogP contribution >= 0.6 is 11.3 Å². The van der Waals surface area contributed by atoms with Crippen LogP contribution in [-0.2, 0) is 21.3 Å². The molecule has 0 aliphatic rings. The second-order valence-corrected chi connectivity index (χ2v) is 6.62. The van der Waals surface area contributed by atoms with Crippen LogP contribution in [0.4, 0.5) is 0 Å². The van der Waals surface area contributed by atoms with Crippen molar-refractivity contribution < 1.29 is 17.9 Å². The van der Waals surface area contributed by atoms with E-state index in [4.69, 9.17) is 0 Å². The molecular weight excluding hydrogens is 302 g/mol. The van der Waals surface area contributed by atoms with Gasteiger partial charge in [-0.15, -0.1) is 11.3 Å². The van der Waals surface area contributed by atoms with Crippen LogP contribution in [0.3, 0.4) is 0 Å². The van der Waals surface area contributed by atoms with Gasteiger partial charge in [0.1, 0.15) is 0 Å². The van der Waals surface area contributed by atoms with Crippen molar-refractivity contribution in [3.05, 3.63) is 35.7 Å². The number of hydrogen-bond acceptors (Lipinski definition) is 6. The molecule has 2 aromatic heterocycles. The molecule has 0 fully saturated rings. The van der Waals surface area contributed by atoms with Crippen LogP contribution in [0.15, 0.2) is 34.2 Å². The van der Waals surface area contributed by atoms with E-state index >= 15 is 0 Å². The van der Waals surface area contributed by atoms with Crippen molar-refractivity contribution >= 4 is 27.3 Å². The van der Waals surface area contributed by atoms with Gasteiger partial charge in [0.05, 0.1) is 12.6 Å². The Labute approximate surface area is 120 Å². The fourth-order valence-corrected chi connectivity index (χ4v) is 3.75. The minimum Gasteiger partial charge on any atom is -0.464 e. The quantitative estimate of drug-likeness (QED) is 0.793. The number of esters is 1. The summed E-state index contributed by atoms with van der Waals surface area (Å²) in [4.78, 5) is 15.2. The molecule has 0 saturated carbocycles. The summed E-state index contributed by atoms with van der Waals surface area (Å²) in [5, 5.41) is 0. The molecule has 2 rings (SSSR count). The standard InChI is InChI=1S/C11H13N3O4S2/c1-18-10(15)9-11(19-8-12-9)20(16,17)13-4-7-14-5-2-3-6-14/h2-3,5-6,8,13H,4,7H2,1H3. The van der Waals surface area contributed by atoms with Crippen LogP contribution in [-0.4, -0.2) is 37.6 Å². The van der Waals surface area contributed by atoms with Crippen molar-refractivity contribution in [1.82, 2.24) is 14.3 Å². The second-order valence-electron chi connectivity index (χ2n) is 3.80. The molecule has 20 heavy (non-hydrogen) atoms. The Balaban J connectivity index is 2.07. The smallest absolute Gasteiger partial charge is 0.358 e. The molecule has 2 heterocycles. The van der Waals surface area contributed by atoms with E-state index in [0.29, 0.717) is 6.54 Å². The van der Waals surface area contributed by atoms with E-state index in [1.807, 2.05) is 29.1 Å². The van der Waals surface area contributed by atoms with Gasteiger partial charge in [-0.25, -0.2) is 22.9 Å². The minimum absolute atomic E-state index is 0.128. The molecular formula is C11H13N3O4S2. The number of aromatic nitrogens is 2. The van der Waals surface area contributed by atoms with E-state index in [1.54, 1.807) is 0 Å². The summed E-state index contributed by atoms with van der Waals surface area (Å²) in [6, 6.07) is 3.71. The molecule has 0 aliphatic heterocycles. The van der Waals surface area contributed by atoms with Crippen LogP contribution in [0, 0.1) is 0 Å². The van der Waals surface area contributed by atoms with E-state index in [-0.39, 0.29) is 16.4 Å². The Morgan fingerprint density at radius 3 is 2.80 bits per heavy atom. The highest BCUT2D eigenvalue weighted by Gasteiger charge is 2.26. The number of nitrogens with one attached hydrogen (secondary N) is 1. The van der Waals surface area contributed by atoms with Gasteiger partial charge in [-0.05, 0) is 12.1 Å². The second kappa shape index (κ2) is 6.16. The lowest BCUT2D eigenvalue weighted by Crippen LogP contribution is -2.28. The van der Waals surface area contributed by atoms with Crippen molar-refractivity contribution in [1.29, 1.82) is 0 Å². The Morgan fingerprint density at radius 1 is 1.45 bits per heavy atom. The average molecular weight is 315 g/mol. The topological polar surface area (TPSA) is 90.3 Å². The zero-order valence-corrected chi connectivity index (χ0v) is 12.3. The lowest BCUT2D eigenvalue weighted by atomic mass is 10.5. The Bertz CT molecular complexity index is 676. The van der Waals surface area contributed by atoms with E-state index in [1.165, 1.54) is 12.6 Å². The summed E-state index contributed by atoms with van der Waals surface area (Å²) in [5.41, 5.74) is 1.11. The molecule has 0 amide bonds. The van der Waals surface area contributed by atoms with Gasteiger partial charge >= 0.3 is 5.97 Å². The van der Waals surface area contributed by atoms with Gasteiger partial charge in [-0.2, -0.15) is 0 Å². The van der Waals surface area contributed by atoms with E-state index in [2.05, 4.69) is 14.4 Å². The SMILES string of the molecule is COC(=O)c1ncsc1S(=O)(=O)NCCn1cccc1. The molecule has 0 saturated heterocycles. The Morgan fingerprint density at radius 2 is 2.15 bits per heavy atom. The summed E-state index contributed by atoms with van der Waals surface area (Å²) in [6.45, 7) is 0.716. The number of thiazole rings is 1. The number of hydrogen-bond donors (Lipinski definition) is 1. The molecule has 108 valence electrons. The molecule has 1 N–H and O–H groups in total. The molecule has 0 aromatic carbocycles. The number of carbonyl (C=O) groups excluding carboxylic acids is 1. The number of methoxy groups -OCH3 is 1. The lowest BCUT2D eigenvalue weighted by Gasteiger charge is -2.06. The third-order valence-electron chi connectivity index (χ3n) is 2.49. The number of rotatable bonds is 6. The lowest BCUT2D eigenvalue weighted by molar-refractivity contribution is 0.0590. The third-order valence-corrected chi connectivity index (χ3v) is 5.32. The van der Waals surface area contributed by atoms with Gasteiger partial charge < -0.3 is 9.30 Å². The maximum atomic E-state index is 12.1. The van der Waals surface area contributed by atoms with Crippen LogP contribution in [0.1, 0.15) is 10.5 Å². The molecule has 0 bridgehead atoms. The van der Waals surface area contributed by atoms with Gasteiger partial charge in [0, 0.05) is 25.5 Å². The monoisotopic (exact) mass is 315 g/mol. The average Bonchev–Trinajstić information content (AvgIpc) is 3.08. The first-order chi connectivity index (χ1) is 9.54. The van der Waals surface area contributed by atoms with Crippen molar-refractivity contribution in [2.45, 2.75) is 10.8 Å². The molecule has 0 radical (unpaired) electrons. The van der Waals surface area contributed by atoms with Crippen LogP contribution in [0.5, 0.6) is 0 Å². The Kier molecular flexibility index (Phi) is 4.53. The molecule has 7 nitrogen and oxygen atoms in total. The largest absolute Gasteiger partial charge is 0.464 e. The third kappa shape index (κ3) is 3.24. The molecule has 0 unspecified atom stereocenters. The van der Waals surface area contributed by atoms with Gasteiger partial charge in [0.25, 0.3) is 10.0 Å².